The fraction of sp³-hybridized carbons (Fsp3) is 0.250. The van der Waals surface area contributed by atoms with Crippen LogP contribution in [0.15, 0.2) is 75.9 Å². The smallest absolute Gasteiger partial charge is 0.253 e. The molecule has 1 amide bonds. The molecule has 3 rings (SSSR count). The molecule has 0 fully saturated rings. The number of benzene rings is 2. The van der Waals surface area contributed by atoms with Gasteiger partial charge in [0, 0.05) is 16.7 Å². The molecular formula is C24H27BrN6OS. The Hall–Kier alpha value is -2.91. The number of halogens is 1. The second-order valence-electron chi connectivity index (χ2n) is 7.46. The maximum absolute atomic E-state index is 12.6. The monoisotopic (exact) mass is 526 g/mol. The number of hydrogen-bond donors (Lipinski definition) is 2. The number of aryl methyl sites for hydroxylation is 1. The van der Waals surface area contributed by atoms with Crippen LogP contribution in [0.1, 0.15) is 30.8 Å². The van der Waals surface area contributed by atoms with Crippen molar-refractivity contribution in [3.8, 4) is 0 Å². The third-order valence-electron chi connectivity index (χ3n) is 4.85. The molecule has 172 valence electrons. The number of rotatable bonds is 10. The van der Waals surface area contributed by atoms with Crippen molar-refractivity contribution in [2.24, 2.45) is 5.10 Å². The standard InChI is InChI=1S/C24H27BrN6OS/c1-5-14-31-22(15-26-21-12-6-16(2)7-13-21)28-30-24(31)33-18(4)23(32)29-27-17(3)19-8-10-20(25)11-9-19/h5-13,18,26H,1,14-15H2,2-4H3,(H,29,32)/b27-17+. The molecule has 1 unspecified atom stereocenters. The second-order valence-corrected chi connectivity index (χ2v) is 9.68. The lowest BCUT2D eigenvalue weighted by Crippen LogP contribution is -2.28. The van der Waals surface area contributed by atoms with Gasteiger partial charge in [-0.3, -0.25) is 4.79 Å². The molecule has 2 N–H and O–H groups in total. The van der Waals surface area contributed by atoms with Gasteiger partial charge in [0.1, 0.15) is 0 Å². The van der Waals surface area contributed by atoms with Gasteiger partial charge in [0.15, 0.2) is 11.0 Å². The molecule has 1 aromatic heterocycles. The first-order chi connectivity index (χ1) is 15.9. The third-order valence-corrected chi connectivity index (χ3v) is 6.46. The molecule has 0 spiro atoms. The topological polar surface area (TPSA) is 84.2 Å². The Morgan fingerprint density at radius 1 is 1.21 bits per heavy atom. The number of nitrogens with one attached hydrogen (secondary N) is 2. The highest BCUT2D eigenvalue weighted by Crippen LogP contribution is 2.23. The molecule has 9 heteroatoms. The van der Waals surface area contributed by atoms with Gasteiger partial charge in [-0.15, -0.1) is 16.8 Å². The van der Waals surface area contributed by atoms with E-state index < -0.39 is 5.25 Å². The predicted octanol–water partition coefficient (Wildman–Crippen LogP) is 5.17. The van der Waals surface area contributed by atoms with Crippen molar-refractivity contribution in [2.45, 2.75) is 44.3 Å². The van der Waals surface area contributed by atoms with Crippen LogP contribution in [0.3, 0.4) is 0 Å². The number of thioether (sulfide) groups is 1. The van der Waals surface area contributed by atoms with Crippen LogP contribution in [0.5, 0.6) is 0 Å². The van der Waals surface area contributed by atoms with Gasteiger partial charge in [0.2, 0.25) is 0 Å². The Morgan fingerprint density at radius 3 is 2.58 bits per heavy atom. The zero-order chi connectivity index (χ0) is 23.8. The zero-order valence-corrected chi connectivity index (χ0v) is 21.3. The van der Waals surface area contributed by atoms with Gasteiger partial charge in [-0.05, 0) is 50.6 Å². The van der Waals surface area contributed by atoms with Crippen LogP contribution in [0, 0.1) is 6.92 Å². The summed E-state index contributed by atoms with van der Waals surface area (Å²) in [5.74, 6) is 0.568. The largest absolute Gasteiger partial charge is 0.378 e. The van der Waals surface area contributed by atoms with Crippen molar-refractivity contribution in [3.05, 3.63) is 82.6 Å². The van der Waals surface area contributed by atoms with Crippen LogP contribution in [-0.4, -0.2) is 31.6 Å². The fourth-order valence-electron chi connectivity index (χ4n) is 2.90. The number of carbonyl (C=O) groups is 1. The van der Waals surface area contributed by atoms with Crippen LogP contribution < -0.4 is 10.7 Å². The van der Waals surface area contributed by atoms with Gasteiger partial charge < -0.3 is 9.88 Å². The molecule has 0 radical (unpaired) electrons. The van der Waals surface area contributed by atoms with E-state index in [1.165, 1.54) is 17.3 Å². The SMILES string of the molecule is C=CCn1c(CNc2ccc(C)cc2)nnc1SC(C)C(=O)N/N=C(\C)c1ccc(Br)cc1. The molecule has 1 heterocycles. The summed E-state index contributed by atoms with van der Waals surface area (Å²) in [4.78, 5) is 12.6. The highest BCUT2D eigenvalue weighted by Gasteiger charge is 2.20. The van der Waals surface area contributed by atoms with Crippen LogP contribution in [-0.2, 0) is 17.9 Å². The van der Waals surface area contributed by atoms with Gasteiger partial charge in [0.05, 0.1) is 17.5 Å². The van der Waals surface area contributed by atoms with E-state index in [4.69, 9.17) is 0 Å². The van der Waals surface area contributed by atoms with Crippen molar-refractivity contribution >= 4 is 45.0 Å². The first-order valence-electron chi connectivity index (χ1n) is 10.5. The molecule has 0 aliphatic carbocycles. The second kappa shape index (κ2) is 11.8. The Kier molecular flexibility index (Phi) is 8.85. The van der Waals surface area contributed by atoms with Crippen LogP contribution in [0.25, 0.3) is 0 Å². The molecule has 0 saturated carbocycles. The van der Waals surface area contributed by atoms with Crippen LogP contribution >= 0.6 is 27.7 Å². The van der Waals surface area contributed by atoms with E-state index in [0.29, 0.717) is 18.2 Å². The molecule has 7 nitrogen and oxygen atoms in total. The van der Waals surface area contributed by atoms with Gasteiger partial charge in [-0.2, -0.15) is 5.10 Å². The molecule has 33 heavy (non-hydrogen) atoms. The summed E-state index contributed by atoms with van der Waals surface area (Å²) in [5.41, 5.74) is 6.54. The molecule has 2 aromatic carbocycles. The van der Waals surface area contributed by atoms with Crippen molar-refractivity contribution in [3.63, 3.8) is 0 Å². The molecule has 0 bridgehead atoms. The number of allylic oxidation sites excluding steroid dienone is 1. The van der Waals surface area contributed by atoms with Crippen molar-refractivity contribution in [1.29, 1.82) is 0 Å². The quantitative estimate of drug-likeness (QED) is 0.165. The van der Waals surface area contributed by atoms with E-state index in [1.807, 2.05) is 54.8 Å². The summed E-state index contributed by atoms with van der Waals surface area (Å²) < 4.78 is 2.95. The van der Waals surface area contributed by atoms with E-state index in [2.05, 4.69) is 67.6 Å². The highest BCUT2D eigenvalue weighted by molar-refractivity contribution is 9.10. The molecule has 0 aliphatic heterocycles. The summed E-state index contributed by atoms with van der Waals surface area (Å²) in [6.07, 6.45) is 1.79. The first-order valence-corrected chi connectivity index (χ1v) is 12.1. The van der Waals surface area contributed by atoms with E-state index in [1.54, 1.807) is 6.08 Å². The minimum atomic E-state index is -0.405. The number of hydrogen-bond acceptors (Lipinski definition) is 6. The maximum Gasteiger partial charge on any atom is 0.253 e. The number of aromatic nitrogens is 3. The lowest BCUT2D eigenvalue weighted by Gasteiger charge is -2.12. The zero-order valence-electron chi connectivity index (χ0n) is 18.9. The Balaban J connectivity index is 1.63. The summed E-state index contributed by atoms with van der Waals surface area (Å²) >= 11 is 4.75. The maximum atomic E-state index is 12.6. The minimum Gasteiger partial charge on any atom is -0.378 e. The Bertz CT molecular complexity index is 1120. The lowest BCUT2D eigenvalue weighted by atomic mass is 10.1. The van der Waals surface area contributed by atoms with Gasteiger partial charge in [-0.25, -0.2) is 5.43 Å². The molecule has 1 atom stereocenters. The predicted molar refractivity (Wildman–Crippen MR) is 139 cm³/mol. The van der Waals surface area contributed by atoms with Gasteiger partial charge in [-0.1, -0.05) is 63.6 Å². The molecular weight excluding hydrogens is 500 g/mol. The van der Waals surface area contributed by atoms with Crippen molar-refractivity contribution < 1.29 is 4.79 Å². The Morgan fingerprint density at radius 2 is 1.91 bits per heavy atom. The Labute approximate surface area is 206 Å². The lowest BCUT2D eigenvalue weighted by molar-refractivity contribution is -0.120. The number of nitrogens with zero attached hydrogens (tertiary/aromatic N) is 4. The molecule has 0 aliphatic rings. The molecule has 0 saturated heterocycles. The molecule has 3 aromatic rings. The van der Waals surface area contributed by atoms with E-state index in [0.717, 1.165) is 27.3 Å². The summed E-state index contributed by atoms with van der Waals surface area (Å²) in [7, 11) is 0. The summed E-state index contributed by atoms with van der Waals surface area (Å²) in [5, 5.41) is 16.5. The highest BCUT2D eigenvalue weighted by atomic mass is 79.9. The van der Waals surface area contributed by atoms with Crippen LogP contribution in [0.2, 0.25) is 0 Å². The third kappa shape index (κ3) is 7.03. The van der Waals surface area contributed by atoms with Crippen molar-refractivity contribution in [1.82, 2.24) is 20.2 Å². The number of hydrazone groups is 1. The summed E-state index contributed by atoms with van der Waals surface area (Å²) in [6.45, 7) is 10.6. The number of carbonyl (C=O) groups excluding carboxylic acids is 1. The average Bonchev–Trinajstić information content (AvgIpc) is 3.18. The number of anilines is 1. The normalized spacial score (nSPS) is 12.3. The first kappa shape index (κ1) is 24.7. The van der Waals surface area contributed by atoms with E-state index in [-0.39, 0.29) is 5.91 Å². The van der Waals surface area contributed by atoms with Gasteiger partial charge >= 0.3 is 0 Å². The number of amides is 1. The fourth-order valence-corrected chi connectivity index (χ4v) is 4.03. The van der Waals surface area contributed by atoms with E-state index >= 15 is 0 Å². The van der Waals surface area contributed by atoms with E-state index in [9.17, 15) is 4.79 Å². The van der Waals surface area contributed by atoms with Crippen LogP contribution in [0.4, 0.5) is 5.69 Å². The minimum absolute atomic E-state index is 0.205. The average molecular weight is 527 g/mol. The van der Waals surface area contributed by atoms with Crippen molar-refractivity contribution in [2.75, 3.05) is 5.32 Å². The van der Waals surface area contributed by atoms with Gasteiger partial charge in [0.25, 0.3) is 5.91 Å². The summed E-state index contributed by atoms with van der Waals surface area (Å²) in [6, 6.07) is 15.9.